The molecular formula is C17H24N2O2. The average Bonchev–Trinajstić information content (AvgIpc) is 3.32. The lowest BCUT2D eigenvalue weighted by Gasteiger charge is -2.21. The molecule has 0 aromatic heterocycles. The van der Waals surface area contributed by atoms with Crippen molar-refractivity contribution in [3.8, 4) is 0 Å². The molecule has 1 saturated heterocycles. The van der Waals surface area contributed by atoms with Crippen LogP contribution in [0.4, 0.5) is 5.69 Å². The molecule has 1 saturated carbocycles. The van der Waals surface area contributed by atoms with Crippen molar-refractivity contribution in [1.29, 1.82) is 0 Å². The van der Waals surface area contributed by atoms with Crippen molar-refractivity contribution in [2.75, 3.05) is 11.9 Å². The molecule has 4 heteroatoms. The predicted molar refractivity (Wildman–Crippen MR) is 83.1 cm³/mol. The highest BCUT2D eigenvalue weighted by molar-refractivity contribution is 5.91. The van der Waals surface area contributed by atoms with E-state index in [4.69, 9.17) is 4.74 Å². The number of carbonyl (C=O) groups excluding carboxylic acids is 1. The normalized spacial score (nSPS) is 22.0. The first-order valence-corrected chi connectivity index (χ1v) is 8.03. The lowest BCUT2D eigenvalue weighted by molar-refractivity contribution is -0.119. The largest absolute Gasteiger partial charge is 0.378 e. The number of hydrogen-bond donors (Lipinski definition) is 2. The third-order valence-corrected chi connectivity index (χ3v) is 4.10. The van der Waals surface area contributed by atoms with Gasteiger partial charge in [0.15, 0.2) is 0 Å². The van der Waals surface area contributed by atoms with E-state index in [9.17, 15) is 4.79 Å². The van der Waals surface area contributed by atoms with E-state index in [1.54, 1.807) is 0 Å². The second kappa shape index (κ2) is 7.05. The van der Waals surface area contributed by atoms with E-state index in [2.05, 4.69) is 22.8 Å². The van der Waals surface area contributed by atoms with Crippen LogP contribution in [-0.4, -0.2) is 24.7 Å². The van der Waals surface area contributed by atoms with Crippen molar-refractivity contribution in [3.63, 3.8) is 0 Å². The van der Waals surface area contributed by atoms with Gasteiger partial charge in [-0.2, -0.15) is 0 Å². The topological polar surface area (TPSA) is 50.4 Å². The molecule has 4 nitrogen and oxygen atoms in total. The maximum absolute atomic E-state index is 12.0. The molecule has 1 amide bonds. The number of rotatable bonds is 6. The zero-order valence-corrected chi connectivity index (χ0v) is 12.4. The van der Waals surface area contributed by atoms with Crippen molar-refractivity contribution in [3.05, 3.63) is 29.8 Å². The summed E-state index contributed by atoms with van der Waals surface area (Å²) >= 11 is 0. The Kier molecular flexibility index (Phi) is 4.88. The van der Waals surface area contributed by atoms with Crippen molar-refractivity contribution < 1.29 is 9.53 Å². The van der Waals surface area contributed by atoms with Gasteiger partial charge in [-0.1, -0.05) is 12.1 Å². The minimum Gasteiger partial charge on any atom is -0.378 e. The zero-order chi connectivity index (χ0) is 14.5. The molecule has 1 aromatic rings. The lowest BCUT2D eigenvalue weighted by Crippen LogP contribution is -2.25. The summed E-state index contributed by atoms with van der Waals surface area (Å²) in [6.45, 7) is 1.70. The van der Waals surface area contributed by atoms with Crippen LogP contribution < -0.4 is 10.6 Å². The van der Waals surface area contributed by atoms with Gasteiger partial charge in [-0.05, 0) is 49.8 Å². The lowest BCUT2D eigenvalue weighted by atomic mass is 10.1. The molecule has 114 valence electrons. The Bertz CT molecular complexity index is 462. The molecule has 1 atom stereocenters. The highest BCUT2D eigenvalue weighted by atomic mass is 16.5. The molecule has 1 aliphatic carbocycles. The van der Waals surface area contributed by atoms with Gasteiger partial charge in [0.05, 0.1) is 12.5 Å². The van der Waals surface area contributed by atoms with E-state index in [1.165, 1.54) is 24.8 Å². The van der Waals surface area contributed by atoms with Gasteiger partial charge >= 0.3 is 0 Å². The number of hydrogen-bond acceptors (Lipinski definition) is 3. The van der Waals surface area contributed by atoms with Crippen molar-refractivity contribution in [1.82, 2.24) is 5.32 Å². The summed E-state index contributed by atoms with van der Waals surface area (Å²) < 4.78 is 5.60. The highest BCUT2D eigenvalue weighted by Crippen LogP contribution is 2.20. The molecule has 0 bridgehead atoms. The SMILES string of the molecule is O=C(CC1CCCCO1)Nc1ccc(CNC2CC2)cc1. The van der Waals surface area contributed by atoms with E-state index >= 15 is 0 Å². The van der Waals surface area contributed by atoms with Crippen LogP contribution in [0.1, 0.15) is 44.1 Å². The van der Waals surface area contributed by atoms with Gasteiger partial charge in [0.25, 0.3) is 0 Å². The summed E-state index contributed by atoms with van der Waals surface area (Å²) in [5, 5.41) is 6.44. The van der Waals surface area contributed by atoms with E-state index < -0.39 is 0 Å². The quantitative estimate of drug-likeness (QED) is 0.846. The maximum atomic E-state index is 12.0. The summed E-state index contributed by atoms with van der Waals surface area (Å²) in [6, 6.07) is 8.82. The molecule has 3 rings (SSSR count). The molecule has 1 aromatic carbocycles. The molecule has 2 aliphatic rings. The number of nitrogens with one attached hydrogen (secondary N) is 2. The maximum Gasteiger partial charge on any atom is 0.226 e. The van der Waals surface area contributed by atoms with Gasteiger partial charge in [-0.25, -0.2) is 0 Å². The van der Waals surface area contributed by atoms with E-state index in [-0.39, 0.29) is 12.0 Å². The standard InChI is InChI=1S/C17H24N2O2/c20-17(11-16-3-1-2-10-21-16)19-15-6-4-13(5-7-15)12-18-14-8-9-14/h4-7,14,16,18H,1-3,8-12H2,(H,19,20). The Labute approximate surface area is 126 Å². The van der Waals surface area contributed by atoms with Crippen LogP contribution in [0, 0.1) is 0 Å². The van der Waals surface area contributed by atoms with Crippen LogP contribution in [0.25, 0.3) is 0 Å². The van der Waals surface area contributed by atoms with E-state index in [1.807, 2.05) is 12.1 Å². The summed E-state index contributed by atoms with van der Waals surface area (Å²) in [6.07, 6.45) is 6.45. The number of benzene rings is 1. The van der Waals surface area contributed by atoms with Gasteiger partial charge in [-0.15, -0.1) is 0 Å². The highest BCUT2D eigenvalue weighted by Gasteiger charge is 2.20. The first-order chi connectivity index (χ1) is 10.3. The Balaban J connectivity index is 1.43. The second-order valence-electron chi connectivity index (χ2n) is 6.09. The summed E-state index contributed by atoms with van der Waals surface area (Å²) in [5.74, 6) is 0.0470. The molecule has 2 fully saturated rings. The third kappa shape index (κ3) is 4.83. The Hall–Kier alpha value is -1.39. The van der Waals surface area contributed by atoms with Crippen molar-refractivity contribution >= 4 is 11.6 Å². The van der Waals surface area contributed by atoms with Crippen molar-refractivity contribution in [2.24, 2.45) is 0 Å². The van der Waals surface area contributed by atoms with Gasteiger partial charge in [0.1, 0.15) is 0 Å². The fourth-order valence-corrected chi connectivity index (χ4v) is 2.64. The summed E-state index contributed by atoms with van der Waals surface area (Å²) in [4.78, 5) is 12.0. The van der Waals surface area contributed by atoms with Crippen LogP contribution in [0.15, 0.2) is 24.3 Å². The van der Waals surface area contributed by atoms with Gasteiger partial charge < -0.3 is 15.4 Å². The minimum absolute atomic E-state index is 0.0470. The Morgan fingerprint density at radius 3 is 2.62 bits per heavy atom. The molecule has 1 heterocycles. The number of carbonyl (C=O) groups is 1. The monoisotopic (exact) mass is 288 g/mol. The second-order valence-corrected chi connectivity index (χ2v) is 6.09. The number of ether oxygens (including phenoxy) is 1. The van der Waals surface area contributed by atoms with Gasteiger partial charge in [0, 0.05) is 24.9 Å². The number of anilines is 1. The minimum atomic E-state index is 0.0470. The first-order valence-electron chi connectivity index (χ1n) is 8.03. The van der Waals surface area contributed by atoms with Crippen LogP contribution >= 0.6 is 0 Å². The third-order valence-electron chi connectivity index (χ3n) is 4.10. The Morgan fingerprint density at radius 2 is 1.95 bits per heavy atom. The molecule has 1 aliphatic heterocycles. The van der Waals surface area contributed by atoms with Crippen LogP contribution in [0.5, 0.6) is 0 Å². The molecule has 2 N–H and O–H groups in total. The summed E-state index contributed by atoms with van der Waals surface area (Å²) in [5.41, 5.74) is 2.13. The van der Waals surface area contributed by atoms with Crippen LogP contribution in [-0.2, 0) is 16.1 Å². The van der Waals surface area contributed by atoms with Gasteiger partial charge in [-0.3, -0.25) is 4.79 Å². The first kappa shape index (κ1) is 14.5. The molecule has 0 radical (unpaired) electrons. The average molecular weight is 288 g/mol. The van der Waals surface area contributed by atoms with E-state index in [0.29, 0.717) is 6.42 Å². The fraction of sp³-hybridized carbons (Fsp3) is 0.588. The van der Waals surface area contributed by atoms with Crippen LogP contribution in [0.2, 0.25) is 0 Å². The smallest absolute Gasteiger partial charge is 0.226 e. The molecular weight excluding hydrogens is 264 g/mol. The Morgan fingerprint density at radius 1 is 1.14 bits per heavy atom. The summed E-state index contributed by atoms with van der Waals surface area (Å²) in [7, 11) is 0. The van der Waals surface area contributed by atoms with Crippen LogP contribution in [0.3, 0.4) is 0 Å². The fourth-order valence-electron chi connectivity index (χ4n) is 2.64. The van der Waals surface area contributed by atoms with Crippen molar-refractivity contribution in [2.45, 2.75) is 57.2 Å². The molecule has 1 unspecified atom stereocenters. The van der Waals surface area contributed by atoms with Gasteiger partial charge in [0.2, 0.25) is 5.91 Å². The molecule has 21 heavy (non-hydrogen) atoms. The predicted octanol–water partition coefficient (Wildman–Crippen LogP) is 2.84. The van der Waals surface area contributed by atoms with E-state index in [0.717, 1.165) is 37.7 Å². The number of amides is 1. The molecule has 0 spiro atoms. The zero-order valence-electron chi connectivity index (χ0n) is 12.4.